The Labute approximate surface area is 153 Å². The molecule has 0 unspecified atom stereocenters. The van der Waals surface area contributed by atoms with E-state index < -0.39 is 9.84 Å². The van der Waals surface area contributed by atoms with E-state index in [1.165, 1.54) is 0 Å². The number of aryl methyl sites for hydroxylation is 1. The second-order valence-electron chi connectivity index (χ2n) is 5.92. The Bertz CT molecular complexity index is 978. The lowest BCUT2D eigenvalue weighted by Crippen LogP contribution is -2.07. The van der Waals surface area contributed by atoms with Crippen molar-refractivity contribution in [1.29, 1.82) is 0 Å². The fourth-order valence-corrected chi connectivity index (χ4v) is 3.91. The van der Waals surface area contributed by atoms with Crippen molar-refractivity contribution in [3.8, 4) is 0 Å². The largest absolute Gasteiger partial charge is 0.244 e. The second-order valence-corrected chi connectivity index (χ2v) is 7.78. The first kappa shape index (κ1) is 18.1. The second kappa shape index (κ2) is 8.10. The van der Waals surface area contributed by atoms with Gasteiger partial charge in [-0.2, -0.15) is 0 Å². The van der Waals surface area contributed by atoms with Crippen LogP contribution in [-0.2, 0) is 16.4 Å². The van der Waals surface area contributed by atoms with Gasteiger partial charge in [0.25, 0.3) is 0 Å². The molecule has 0 N–H and O–H groups in total. The molecule has 0 aliphatic rings. The van der Waals surface area contributed by atoms with E-state index in [2.05, 4.69) is 17.2 Å². The minimum atomic E-state index is -3.72. The molecule has 0 saturated carbocycles. The number of hydrogen-bond acceptors (Lipinski definition) is 4. The molecule has 0 saturated heterocycles. The normalized spacial score (nSPS) is 11.9. The zero-order valence-corrected chi connectivity index (χ0v) is 15.4. The Kier molecular flexibility index (Phi) is 5.63. The molecule has 5 nitrogen and oxygen atoms in total. The van der Waals surface area contributed by atoms with E-state index in [4.69, 9.17) is 0 Å². The van der Waals surface area contributed by atoms with E-state index in [1.54, 1.807) is 41.1 Å². The van der Waals surface area contributed by atoms with Crippen LogP contribution in [-0.4, -0.2) is 23.4 Å². The van der Waals surface area contributed by atoms with Crippen LogP contribution in [0.2, 0.25) is 0 Å². The maximum Gasteiger partial charge on any atom is 0.227 e. The van der Waals surface area contributed by atoms with E-state index in [0.29, 0.717) is 12.2 Å². The van der Waals surface area contributed by atoms with E-state index in [1.807, 2.05) is 36.4 Å². The third kappa shape index (κ3) is 3.91. The Morgan fingerprint density at radius 1 is 0.962 bits per heavy atom. The number of aromatic nitrogens is 3. The zero-order chi connectivity index (χ0) is 18.4. The molecule has 0 amide bonds. The molecule has 26 heavy (non-hydrogen) atoms. The monoisotopic (exact) mass is 367 g/mol. The molecular formula is C20H21N3O2S. The highest BCUT2D eigenvalue weighted by Gasteiger charge is 2.26. The summed E-state index contributed by atoms with van der Waals surface area (Å²) in [6, 6.07) is 18.1. The van der Waals surface area contributed by atoms with Gasteiger partial charge in [0.15, 0.2) is 0 Å². The quantitative estimate of drug-likeness (QED) is 0.631. The standard InChI is InChI=1S/C20H21N3O2S/c1-2-3-16-23-19(15-14-17-10-6-4-7-11-17)20(21-22-23)26(24,25)18-12-8-5-9-13-18/h4-15H,2-3,16H2,1H3/b15-14+. The zero-order valence-electron chi connectivity index (χ0n) is 14.6. The van der Waals surface area contributed by atoms with Crippen LogP contribution in [0, 0.1) is 0 Å². The van der Waals surface area contributed by atoms with Gasteiger partial charge in [0.1, 0.15) is 5.69 Å². The summed E-state index contributed by atoms with van der Waals surface area (Å²) >= 11 is 0. The fraction of sp³-hybridized carbons (Fsp3) is 0.200. The minimum absolute atomic E-state index is 0.00742. The molecule has 0 bridgehead atoms. The first-order valence-corrected chi connectivity index (χ1v) is 10.1. The van der Waals surface area contributed by atoms with Crippen molar-refractivity contribution in [1.82, 2.24) is 15.0 Å². The van der Waals surface area contributed by atoms with E-state index >= 15 is 0 Å². The van der Waals surface area contributed by atoms with Gasteiger partial charge in [-0.05, 0) is 30.2 Å². The summed E-state index contributed by atoms with van der Waals surface area (Å²) in [4.78, 5) is 0.219. The molecule has 1 aromatic heterocycles. The molecule has 1 heterocycles. The van der Waals surface area contributed by atoms with Crippen molar-refractivity contribution >= 4 is 22.0 Å². The minimum Gasteiger partial charge on any atom is -0.244 e. The smallest absolute Gasteiger partial charge is 0.227 e. The molecule has 0 atom stereocenters. The van der Waals surface area contributed by atoms with Crippen molar-refractivity contribution in [2.24, 2.45) is 0 Å². The highest BCUT2D eigenvalue weighted by Crippen LogP contribution is 2.24. The summed E-state index contributed by atoms with van der Waals surface area (Å²) in [5.74, 6) is 0. The van der Waals surface area contributed by atoms with Crippen molar-refractivity contribution in [2.75, 3.05) is 0 Å². The molecular weight excluding hydrogens is 346 g/mol. The molecule has 0 aliphatic heterocycles. The summed E-state index contributed by atoms with van der Waals surface area (Å²) in [5.41, 5.74) is 1.49. The van der Waals surface area contributed by atoms with Gasteiger partial charge in [-0.25, -0.2) is 13.1 Å². The van der Waals surface area contributed by atoms with Crippen LogP contribution in [0.1, 0.15) is 31.0 Å². The van der Waals surface area contributed by atoms with Gasteiger partial charge >= 0.3 is 0 Å². The third-order valence-electron chi connectivity index (χ3n) is 4.01. The van der Waals surface area contributed by atoms with Crippen LogP contribution in [0.15, 0.2) is 70.6 Å². The van der Waals surface area contributed by atoms with Gasteiger partial charge in [-0.15, -0.1) is 5.10 Å². The molecule has 0 radical (unpaired) electrons. The van der Waals surface area contributed by atoms with Gasteiger partial charge < -0.3 is 0 Å². The topological polar surface area (TPSA) is 64.8 Å². The first-order valence-electron chi connectivity index (χ1n) is 8.59. The summed E-state index contributed by atoms with van der Waals surface area (Å²) < 4.78 is 27.7. The SMILES string of the molecule is CCCCn1nnc(S(=O)(=O)c2ccccc2)c1/C=C/c1ccccc1. The Morgan fingerprint density at radius 3 is 2.27 bits per heavy atom. The lowest BCUT2D eigenvalue weighted by molar-refractivity contribution is 0.549. The van der Waals surface area contributed by atoms with Crippen molar-refractivity contribution in [2.45, 2.75) is 36.2 Å². The van der Waals surface area contributed by atoms with Crippen molar-refractivity contribution in [3.05, 3.63) is 71.9 Å². The Morgan fingerprint density at radius 2 is 1.62 bits per heavy atom. The number of benzene rings is 2. The average Bonchev–Trinajstić information content (AvgIpc) is 3.10. The molecule has 0 spiro atoms. The Hall–Kier alpha value is -2.73. The number of unbranched alkanes of at least 4 members (excludes halogenated alkanes) is 1. The van der Waals surface area contributed by atoms with Crippen LogP contribution in [0.25, 0.3) is 12.2 Å². The van der Waals surface area contributed by atoms with Gasteiger partial charge in [0.05, 0.1) is 4.90 Å². The molecule has 0 aliphatic carbocycles. The first-order chi connectivity index (χ1) is 12.6. The lowest BCUT2D eigenvalue weighted by Gasteiger charge is -2.05. The van der Waals surface area contributed by atoms with Crippen LogP contribution >= 0.6 is 0 Å². The van der Waals surface area contributed by atoms with Gasteiger partial charge in [-0.1, -0.05) is 73.2 Å². The van der Waals surface area contributed by atoms with Crippen LogP contribution in [0.5, 0.6) is 0 Å². The van der Waals surface area contributed by atoms with Crippen molar-refractivity contribution in [3.63, 3.8) is 0 Å². The van der Waals surface area contributed by atoms with E-state index in [9.17, 15) is 8.42 Å². The Balaban J connectivity index is 2.05. The molecule has 2 aromatic carbocycles. The highest BCUT2D eigenvalue weighted by atomic mass is 32.2. The maximum atomic E-state index is 13.0. The van der Waals surface area contributed by atoms with Gasteiger partial charge in [0.2, 0.25) is 14.9 Å². The summed E-state index contributed by atoms with van der Waals surface area (Å²) in [7, 11) is -3.72. The molecule has 134 valence electrons. The van der Waals surface area contributed by atoms with E-state index in [0.717, 1.165) is 18.4 Å². The van der Waals surface area contributed by atoms with Gasteiger partial charge in [-0.3, -0.25) is 0 Å². The van der Waals surface area contributed by atoms with Crippen LogP contribution in [0.4, 0.5) is 0 Å². The van der Waals surface area contributed by atoms with Crippen LogP contribution < -0.4 is 0 Å². The maximum absolute atomic E-state index is 13.0. The molecule has 3 aromatic rings. The number of hydrogen-bond donors (Lipinski definition) is 0. The van der Waals surface area contributed by atoms with Gasteiger partial charge in [0, 0.05) is 6.54 Å². The summed E-state index contributed by atoms with van der Waals surface area (Å²) in [5, 5.41) is 8.09. The lowest BCUT2D eigenvalue weighted by atomic mass is 10.2. The molecule has 3 rings (SSSR count). The number of nitrogens with zero attached hydrogens (tertiary/aromatic N) is 3. The highest BCUT2D eigenvalue weighted by molar-refractivity contribution is 7.91. The van der Waals surface area contributed by atoms with Crippen molar-refractivity contribution < 1.29 is 8.42 Å². The predicted octanol–water partition coefficient (Wildman–Crippen LogP) is 4.08. The fourth-order valence-electron chi connectivity index (χ4n) is 2.58. The number of sulfone groups is 1. The number of rotatable bonds is 7. The van der Waals surface area contributed by atoms with Crippen LogP contribution in [0.3, 0.4) is 0 Å². The summed E-state index contributed by atoms with van der Waals surface area (Å²) in [6.07, 6.45) is 5.55. The van der Waals surface area contributed by atoms with E-state index in [-0.39, 0.29) is 9.92 Å². The predicted molar refractivity (Wildman–Crippen MR) is 102 cm³/mol. The third-order valence-corrected chi connectivity index (χ3v) is 5.70. The molecule has 0 fully saturated rings. The molecule has 6 heteroatoms. The average molecular weight is 367 g/mol. The summed E-state index contributed by atoms with van der Waals surface area (Å²) in [6.45, 7) is 2.71.